The van der Waals surface area contributed by atoms with Crippen LogP contribution in [0.5, 0.6) is 0 Å². The first-order chi connectivity index (χ1) is 12.0. The molecule has 0 aliphatic heterocycles. The van der Waals surface area contributed by atoms with E-state index in [4.69, 9.17) is 4.74 Å². The summed E-state index contributed by atoms with van der Waals surface area (Å²) < 4.78 is 29.6. The van der Waals surface area contributed by atoms with Gasteiger partial charge in [-0.15, -0.1) is 0 Å². The Hall–Kier alpha value is -2.41. The lowest BCUT2D eigenvalue weighted by Crippen LogP contribution is -2.34. The van der Waals surface area contributed by atoms with Crippen LogP contribution in [0.25, 0.3) is 0 Å². The van der Waals surface area contributed by atoms with Crippen molar-refractivity contribution >= 4 is 29.3 Å². The number of halogens is 2. The molecule has 0 aromatic heterocycles. The molecule has 0 heterocycles. The Labute approximate surface area is 148 Å². The maximum atomic E-state index is 12.3. The highest BCUT2D eigenvalue weighted by Gasteiger charge is 2.17. The van der Waals surface area contributed by atoms with Crippen LogP contribution in [0.4, 0.5) is 14.5 Å². The zero-order chi connectivity index (χ0) is 18.2. The highest BCUT2D eigenvalue weighted by molar-refractivity contribution is 7.99. The number of nitrogens with zero attached hydrogens (tertiary/aromatic N) is 1. The molecule has 7 heteroatoms. The van der Waals surface area contributed by atoms with Crippen molar-refractivity contribution < 1.29 is 23.1 Å². The van der Waals surface area contributed by atoms with E-state index < -0.39 is 18.3 Å². The van der Waals surface area contributed by atoms with E-state index in [0.717, 1.165) is 5.69 Å². The van der Waals surface area contributed by atoms with Gasteiger partial charge in [-0.1, -0.05) is 30.0 Å². The second kappa shape index (κ2) is 9.17. The number of benzene rings is 2. The zero-order valence-electron chi connectivity index (χ0n) is 13.5. The normalized spacial score (nSPS) is 10.6. The number of likely N-dealkylation sites (N-methyl/N-ethyl adjacent to an activating group) is 1. The summed E-state index contributed by atoms with van der Waals surface area (Å²) in [5.74, 6) is -3.54. The lowest BCUT2D eigenvalue weighted by atomic mass is 10.2. The van der Waals surface area contributed by atoms with Gasteiger partial charge in [-0.25, -0.2) is 4.79 Å². The monoisotopic (exact) mass is 365 g/mol. The number of carbonyl (C=O) groups excluding carboxylic acids is 2. The first-order valence-corrected chi connectivity index (χ1v) is 8.46. The maximum absolute atomic E-state index is 12.3. The van der Waals surface area contributed by atoms with Gasteiger partial charge in [-0.3, -0.25) is 4.79 Å². The van der Waals surface area contributed by atoms with Crippen LogP contribution < -0.4 is 4.90 Å². The van der Waals surface area contributed by atoms with Gasteiger partial charge in [0.15, 0.2) is 6.61 Å². The predicted molar refractivity (Wildman–Crippen MR) is 93.1 cm³/mol. The fourth-order valence-corrected chi connectivity index (χ4v) is 2.67. The fourth-order valence-electron chi connectivity index (χ4n) is 2.17. The molecule has 2 aromatic rings. The Morgan fingerprint density at radius 2 is 1.72 bits per heavy atom. The highest BCUT2D eigenvalue weighted by atomic mass is 32.2. The Morgan fingerprint density at radius 1 is 1.08 bits per heavy atom. The quantitative estimate of drug-likeness (QED) is 0.545. The molecule has 1 amide bonds. The van der Waals surface area contributed by atoms with Crippen LogP contribution in [0.1, 0.15) is 17.3 Å². The van der Waals surface area contributed by atoms with Crippen LogP contribution in [0.3, 0.4) is 0 Å². The Kier molecular flexibility index (Phi) is 6.94. The van der Waals surface area contributed by atoms with Crippen LogP contribution in [0.2, 0.25) is 0 Å². The number of esters is 1. The molecule has 2 aromatic carbocycles. The first-order valence-electron chi connectivity index (χ1n) is 7.58. The summed E-state index contributed by atoms with van der Waals surface area (Å²) in [5.41, 5.74) is 0.925. The van der Waals surface area contributed by atoms with Gasteiger partial charge in [0.25, 0.3) is 11.7 Å². The Morgan fingerprint density at radius 3 is 2.28 bits per heavy atom. The molecule has 0 N–H and O–H groups in total. The van der Waals surface area contributed by atoms with Crippen molar-refractivity contribution in [2.45, 2.75) is 17.6 Å². The molecular weight excluding hydrogens is 348 g/mol. The highest BCUT2D eigenvalue weighted by Crippen LogP contribution is 2.25. The van der Waals surface area contributed by atoms with Gasteiger partial charge in [0.2, 0.25) is 0 Å². The molecule has 0 spiro atoms. The molecule has 0 aliphatic carbocycles. The first kappa shape index (κ1) is 18.9. The SMILES string of the molecule is CCN(C(=O)COC(=O)c1ccc(SC(F)F)cc1)c1ccccc1. The van der Waals surface area contributed by atoms with E-state index in [9.17, 15) is 18.4 Å². The van der Waals surface area contributed by atoms with Crippen molar-refractivity contribution in [1.82, 2.24) is 0 Å². The molecule has 0 unspecified atom stereocenters. The molecule has 0 saturated heterocycles. The number of amides is 1. The third-order valence-electron chi connectivity index (χ3n) is 3.33. The topological polar surface area (TPSA) is 46.6 Å². The van der Waals surface area contributed by atoms with Gasteiger partial charge in [-0.05, 0) is 43.3 Å². The van der Waals surface area contributed by atoms with Gasteiger partial charge < -0.3 is 9.64 Å². The number of para-hydroxylation sites is 1. The Bertz CT molecular complexity index is 708. The molecule has 0 fully saturated rings. The molecule has 132 valence electrons. The van der Waals surface area contributed by atoms with Gasteiger partial charge in [-0.2, -0.15) is 8.78 Å². The lowest BCUT2D eigenvalue weighted by molar-refractivity contribution is -0.121. The molecule has 0 aliphatic rings. The largest absolute Gasteiger partial charge is 0.452 e. The number of ether oxygens (including phenoxy) is 1. The molecule has 0 radical (unpaired) electrons. The van der Waals surface area contributed by atoms with Crippen molar-refractivity contribution in [3.8, 4) is 0 Å². The number of rotatable bonds is 7. The van der Waals surface area contributed by atoms with E-state index in [1.807, 2.05) is 25.1 Å². The van der Waals surface area contributed by atoms with Crippen LogP contribution in [0.15, 0.2) is 59.5 Å². The predicted octanol–water partition coefficient (Wildman–Crippen LogP) is 4.21. The van der Waals surface area contributed by atoms with Crippen LogP contribution in [0, 0.1) is 0 Å². The van der Waals surface area contributed by atoms with E-state index in [0.29, 0.717) is 23.2 Å². The second-order valence-electron chi connectivity index (χ2n) is 4.95. The number of anilines is 1. The van der Waals surface area contributed by atoms with Crippen molar-refractivity contribution in [2.24, 2.45) is 0 Å². The van der Waals surface area contributed by atoms with Crippen molar-refractivity contribution in [2.75, 3.05) is 18.1 Å². The van der Waals surface area contributed by atoms with Crippen LogP contribution in [-0.2, 0) is 9.53 Å². The second-order valence-corrected chi connectivity index (χ2v) is 6.02. The number of carbonyl (C=O) groups is 2. The lowest BCUT2D eigenvalue weighted by Gasteiger charge is -2.20. The van der Waals surface area contributed by atoms with E-state index >= 15 is 0 Å². The van der Waals surface area contributed by atoms with E-state index in [-0.39, 0.29) is 11.5 Å². The number of alkyl halides is 2. The smallest absolute Gasteiger partial charge is 0.338 e. The van der Waals surface area contributed by atoms with Gasteiger partial charge in [0.1, 0.15) is 0 Å². The number of thioether (sulfide) groups is 1. The van der Waals surface area contributed by atoms with E-state index in [1.54, 1.807) is 12.1 Å². The van der Waals surface area contributed by atoms with Gasteiger partial charge >= 0.3 is 5.97 Å². The summed E-state index contributed by atoms with van der Waals surface area (Å²) in [6.07, 6.45) is 0. The average Bonchev–Trinajstić information content (AvgIpc) is 2.61. The number of hydrogen-bond acceptors (Lipinski definition) is 4. The summed E-state index contributed by atoms with van der Waals surface area (Å²) >= 11 is 0.395. The van der Waals surface area contributed by atoms with Crippen LogP contribution in [-0.4, -0.2) is 30.8 Å². The third kappa shape index (κ3) is 5.56. The van der Waals surface area contributed by atoms with E-state index in [2.05, 4.69) is 0 Å². The van der Waals surface area contributed by atoms with Gasteiger partial charge in [0.05, 0.1) is 5.56 Å². The van der Waals surface area contributed by atoms with Crippen molar-refractivity contribution in [1.29, 1.82) is 0 Å². The molecule has 0 bridgehead atoms. The zero-order valence-corrected chi connectivity index (χ0v) is 14.3. The molecular formula is C18H17F2NO3S. The number of hydrogen-bond donors (Lipinski definition) is 0. The molecule has 0 atom stereocenters. The minimum absolute atomic E-state index is 0.203. The maximum Gasteiger partial charge on any atom is 0.338 e. The fraction of sp³-hybridized carbons (Fsp3) is 0.222. The third-order valence-corrected chi connectivity index (χ3v) is 4.05. The standard InChI is InChI=1S/C18H17F2NO3S/c1-2-21(14-6-4-3-5-7-14)16(22)12-24-17(23)13-8-10-15(11-9-13)25-18(19)20/h3-11,18H,2,12H2,1H3. The minimum Gasteiger partial charge on any atom is -0.452 e. The average molecular weight is 365 g/mol. The summed E-state index contributed by atoms with van der Waals surface area (Å²) in [4.78, 5) is 26.1. The van der Waals surface area contributed by atoms with Crippen molar-refractivity contribution in [3.63, 3.8) is 0 Å². The molecule has 2 rings (SSSR count). The minimum atomic E-state index is -2.52. The summed E-state index contributed by atoms with van der Waals surface area (Å²) in [6.45, 7) is 1.88. The molecule has 4 nitrogen and oxygen atoms in total. The van der Waals surface area contributed by atoms with Crippen molar-refractivity contribution in [3.05, 3.63) is 60.2 Å². The Balaban J connectivity index is 1.93. The van der Waals surface area contributed by atoms with Crippen LogP contribution >= 0.6 is 11.8 Å². The molecule has 0 saturated carbocycles. The van der Waals surface area contributed by atoms with E-state index in [1.165, 1.54) is 29.2 Å². The summed E-state index contributed by atoms with van der Waals surface area (Å²) in [6, 6.07) is 14.7. The molecule has 25 heavy (non-hydrogen) atoms. The van der Waals surface area contributed by atoms with Gasteiger partial charge in [0, 0.05) is 17.1 Å². The summed E-state index contributed by atoms with van der Waals surface area (Å²) in [5, 5.41) is 0. The summed E-state index contributed by atoms with van der Waals surface area (Å²) in [7, 11) is 0.